The number of rotatable bonds is 2. The van der Waals surface area contributed by atoms with E-state index in [4.69, 9.17) is 11.6 Å². The molecule has 0 bridgehead atoms. The van der Waals surface area contributed by atoms with Crippen molar-refractivity contribution in [2.45, 2.75) is 4.87 Å². The number of nitrogens with zero attached hydrogens (tertiary/aromatic N) is 1. The summed E-state index contributed by atoms with van der Waals surface area (Å²) in [4.78, 5) is 25.9. The van der Waals surface area contributed by atoms with Gasteiger partial charge >= 0.3 is 11.9 Å². The lowest BCUT2D eigenvalue weighted by Gasteiger charge is -2.20. The molecule has 1 aromatic rings. The molecule has 5 nitrogen and oxygen atoms in total. The van der Waals surface area contributed by atoms with Crippen molar-refractivity contribution in [2.24, 2.45) is 4.99 Å². The van der Waals surface area contributed by atoms with Crippen LogP contribution < -0.4 is 0 Å². The Labute approximate surface area is 108 Å². The van der Waals surface area contributed by atoms with Crippen LogP contribution in [-0.2, 0) is 23.9 Å². The predicted octanol–water partition coefficient (Wildman–Crippen LogP) is 1.55. The number of hydrogen-bond donors (Lipinski definition) is 0. The van der Waals surface area contributed by atoms with Gasteiger partial charge in [-0.25, -0.2) is 14.6 Å². The molecule has 1 atom stereocenters. The molecule has 1 heterocycles. The zero-order valence-electron chi connectivity index (χ0n) is 9.77. The van der Waals surface area contributed by atoms with Gasteiger partial charge in [0.25, 0.3) is 0 Å². The molecule has 1 aliphatic heterocycles. The number of alkyl halides is 1. The van der Waals surface area contributed by atoms with Crippen LogP contribution in [0.15, 0.2) is 29.3 Å². The van der Waals surface area contributed by atoms with Crippen LogP contribution in [0.1, 0.15) is 5.56 Å². The highest BCUT2D eigenvalue weighted by Gasteiger charge is 2.53. The van der Waals surface area contributed by atoms with Gasteiger partial charge in [-0.15, -0.1) is 0 Å². The van der Waals surface area contributed by atoms with Crippen molar-refractivity contribution in [1.82, 2.24) is 0 Å². The number of benzene rings is 1. The third-order valence-electron chi connectivity index (χ3n) is 2.68. The summed E-state index contributed by atoms with van der Waals surface area (Å²) in [5.41, 5.74) is 0.692. The topological polar surface area (TPSA) is 65.0 Å². The van der Waals surface area contributed by atoms with Crippen LogP contribution in [0.5, 0.6) is 0 Å². The number of aliphatic imine (C=N–C) groups is 1. The molecule has 1 unspecified atom stereocenters. The molecule has 1 aromatic carbocycles. The van der Waals surface area contributed by atoms with Crippen molar-refractivity contribution in [1.29, 1.82) is 0 Å². The Balaban J connectivity index is 2.63. The van der Waals surface area contributed by atoms with Gasteiger partial charge in [0.2, 0.25) is 4.87 Å². The minimum atomic E-state index is -1.74. The van der Waals surface area contributed by atoms with Gasteiger partial charge < -0.3 is 9.47 Å². The summed E-state index contributed by atoms with van der Waals surface area (Å²) in [5, 5.41) is 0. The molecule has 0 aromatic heterocycles. The first-order valence-electron chi connectivity index (χ1n) is 5.10. The molecule has 2 rings (SSSR count). The minimum absolute atomic E-state index is 0.181. The molecular formula is C12H10ClNO4. The average molecular weight is 268 g/mol. The van der Waals surface area contributed by atoms with Gasteiger partial charge in [0.05, 0.1) is 19.9 Å². The maximum Gasteiger partial charge on any atom is 0.355 e. The first-order chi connectivity index (χ1) is 8.55. The summed E-state index contributed by atoms with van der Waals surface area (Å²) >= 11 is 6.29. The zero-order chi connectivity index (χ0) is 13.3. The Morgan fingerprint density at radius 2 is 1.89 bits per heavy atom. The fourth-order valence-electron chi connectivity index (χ4n) is 1.82. The summed E-state index contributed by atoms with van der Waals surface area (Å²) in [6, 6.07) is 6.72. The number of hydrogen-bond acceptors (Lipinski definition) is 5. The molecule has 1 aliphatic rings. The quantitative estimate of drug-likeness (QED) is 0.602. The third-order valence-corrected chi connectivity index (χ3v) is 3.22. The van der Waals surface area contributed by atoms with Crippen LogP contribution in [0.25, 0.3) is 0 Å². The number of methoxy groups -OCH3 is 2. The number of esters is 2. The van der Waals surface area contributed by atoms with Crippen molar-refractivity contribution in [3.8, 4) is 0 Å². The highest BCUT2D eigenvalue weighted by atomic mass is 35.5. The molecule has 0 radical (unpaired) electrons. The van der Waals surface area contributed by atoms with Crippen molar-refractivity contribution in [3.05, 3.63) is 29.8 Å². The zero-order valence-corrected chi connectivity index (χ0v) is 10.5. The van der Waals surface area contributed by atoms with Crippen LogP contribution in [0, 0.1) is 0 Å². The second-order valence-corrected chi connectivity index (χ2v) is 4.19. The average Bonchev–Trinajstić information content (AvgIpc) is 2.72. The number of fused-ring (bicyclic) bond motifs is 1. The maximum atomic E-state index is 11.9. The Morgan fingerprint density at radius 3 is 2.50 bits per heavy atom. The first-order valence-corrected chi connectivity index (χ1v) is 5.47. The van der Waals surface area contributed by atoms with E-state index in [1.807, 2.05) is 0 Å². The molecule has 0 N–H and O–H groups in total. The Hall–Kier alpha value is -1.88. The van der Waals surface area contributed by atoms with Crippen molar-refractivity contribution < 1.29 is 19.1 Å². The Morgan fingerprint density at radius 1 is 1.22 bits per heavy atom. The largest absolute Gasteiger partial charge is 0.467 e. The molecule has 0 saturated heterocycles. The molecule has 0 fully saturated rings. The molecule has 0 spiro atoms. The normalized spacial score (nSPS) is 20.9. The fourth-order valence-corrected chi connectivity index (χ4v) is 2.17. The maximum absolute atomic E-state index is 11.9. The summed E-state index contributed by atoms with van der Waals surface area (Å²) in [7, 11) is 2.39. The summed E-state index contributed by atoms with van der Waals surface area (Å²) < 4.78 is 9.25. The van der Waals surface area contributed by atoms with E-state index in [0.717, 1.165) is 0 Å². The number of para-hydroxylation sites is 1. The van der Waals surface area contributed by atoms with Crippen LogP contribution in [0.3, 0.4) is 0 Å². The van der Waals surface area contributed by atoms with Crippen LogP contribution in [0.4, 0.5) is 5.69 Å². The number of ether oxygens (including phenoxy) is 2. The van der Waals surface area contributed by atoms with Crippen molar-refractivity contribution >= 4 is 34.9 Å². The Bertz CT molecular complexity index is 555. The van der Waals surface area contributed by atoms with Gasteiger partial charge in [0, 0.05) is 5.56 Å². The van der Waals surface area contributed by atoms with E-state index in [1.54, 1.807) is 24.3 Å². The second-order valence-electron chi connectivity index (χ2n) is 3.62. The third kappa shape index (κ3) is 1.59. The molecule has 0 aliphatic carbocycles. The number of halogens is 1. The van der Waals surface area contributed by atoms with Gasteiger partial charge in [-0.3, -0.25) is 0 Å². The van der Waals surface area contributed by atoms with E-state index < -0.39 is 16.8 Å². The van der Waals surface area contributed by atoms with Gasteiger partial charge in [-0.2, -0.15) is 0 Å². The summed E-state index contributed by atoms with van der Waals surface area (Å²) in [6.07, 6.45) is 0. The van der Waals surface area contributed by atoms with Gasteiger partial charge in [-0.1, -0.05) is 29.8 Å². The van der Waals surface area contributed by atoms with Crippen molar-refractivity contribution in [2.75, 3.05) is 14.2 Å². The lowest BCUT2D eigenvalue weighted by Crippen LogP contribution is -2.41. The Kier molecular flexibility index (Phi) is 3.09. The van der Waals surface area contributed by atoms with Gasteiger partial charge in [-0.05, 0) is 6.07 Å². The van der Waals surface area contributed by atoms with Crippen LogP contribution in [0.2, 0.25) is 0 Å². The fraction of sp³-hybridized carbons (Fsp3) is 0.250. The van der Waals surface area contributed by atoms with E-state index >= 15 is 0 Å². The molecule has 0 amide bonds. The van der Waals surface area contributed by atoms with E-state index in [1.165, 1.54) is 14.2 Å². The van der Waals surface area contributed by atoms with Crippen molar-refractivity contribution in [3.63, 3.8) is 0 Å². The van der Waals surface area contributed by atoms with E-state index in [-0.39, 0.29) is 5.71 Å². The standard InChI is InChI=1S/C12H10ClNO4/c1-17-10(15)9-12(13,11(16)18-2)7-5-3-4-6-8(7)14-9/h3-6H,1-2H3. The summed E-state index contributed by atoms with van der Waals surface area (Å²) in [5.74, 6) is -1.52. The lowest BCUT2D eigenvalue weighted by molar-refractivity contribution is -0.143. The molecule has 18 heavy (non-hydrogen) atoms. The SMILES string of the molecule is COC(=O)C1=Nc2ccccc2C1(Cl)C(=O)OC. The smallest absolute Gasteiger partial charge is 0.355 e. The second kappa shape index (κ2) is 4.42. The van der Waals surface area contributed by atoms with E-state index in [9.17, 15) is 9.59 Å². The van der Waals surface area contributed by atoms with Gasteiger partial charge in [0.15, 0.2) is 5.71 Å². The predicted molar refractivity (Wildman–Crippen MR) is 65.1 cm³/mol. The minimum Gasteiger partial charge on any atom is -0.467 e. The summed E-state index contributed by atoms with van der Waals surface area (Å²) in [6.45, 7) is 0. The molecule has 0 saturated carbocycles. The molecule has 94 valence electrons. The number of carbonyl (C=O) groups is 2. The first kappa shape index (κ1) is 12.6. The molecule has 6 heteroatoms. The van der Waals surface area contributed by atoms with Crippen LogP contribution >= 0.6 is 11.6 Å². The highest BCUT2D eigenvalue weighted by Crippen LogP contribution is 2.44. The van der Waals surface area contributed by atoms with E-state index in [0.29, 0.717) is 11.3 Å². The molecular weight excluding hydrogens is 258 g/mol. The lowest BCUT2D eigenvalue weighted by atomic mass is 9.95. The van der Waals surface area contributed by atoms with Gasteiger partial charge in [0.1, 0.15) is 0 Å². The van der Waals surface area contributed by atoms with E-state index in [2.05, 4.69) is 14.5 Å². The monoisotopic (exact) mass is 267 g/mol. The number of carbonyl (C=O) groups excluding carboxylic acids is 2. The highest BCUT2D eigenvalue weighted by molar-refractivity contribution is 6.60. The van der Waals surface area contributed by atoms with Crippen LogP contribution in [-0.4, -0.2) is 31.9 Å².